The summed E-state index contributed by atoms with van der Waals surface area (Å²) in [6.07, 6.45) is 0. The minimum absolute atomic E-state index is 0.0839. The Hall–Kier alpha value is -3.90. The second kappa shape index (κ2) is 9.93. The first-order chi connectivity index (χ1) is 16.7. The molecule has 5 nitrogen and oxygen atoms in total. The lowest BCUT2D eigenvalue weighted by atomic mass is 10.1. The van der Waals surface area contributed by atoms with Gasteiger partial charge in [0, 0.05) is 0 Å². The first kappa shape index (κ1) is 21.9. The van der Waals surface area contributed by atoms with Crippen LogP contribution in [0.4, 0.5) is 5.13 Å². The third-order valence-corrected chi connectivity index (χ3v) is 6.51. The summed E-state index contributed by atoms with van der Waals surface area (Å²) in [4.78, 5) is 19.9. The molecule has 0 saturated carbocycles. The summed E-state index contributed by atoms with van der Waals surface area (Å²) in [6, 6.07) is 29.7. The zero-order chi connectivity index (χ0) is 23.3. The van der Waals surface area contributed by atoms with Crippen molar-refractivity contribution in [3.05, 3.63) is 96.6 Å². The highest BCUT2D eigenvalue weighted by molar-refractivity contribution is 7.22. The summed E-state index contributed by atoms with van der Waals surface area (Å²) in [7, 11) is 0. The Kier molecular flexibility index (Phi) is 6.40. The minimum Gasteiger partial charge on any atom is -0.492 e. The summed E-state index contributed by atoms with van der Waals surface area (Å²) in [5.74, 6) is 1.23. The van der Waals surface area contributed by atoms with Gasteiger partial charge in [0.15, 0.2) is 11.7 Å². The van der Waals surface area contributed by atoms with Gasteiger partial charge in [-0.25, -0.2) is 4.98 Å². The van der Waals surface area contributed by atoms with Gasteiger partial charge in [-0.2, -0.15) is 0 Å². The molecule has 0 spiro atoms. The first-order valence-corrected chi connectivity index (χ1v) is 12.0. The maximum Gasteiger partial charge on any atom is 0.267 e. The van der Waals surface area contributed by atoms with Crippen molar-refractivity contribution >= 4 is 43.4 Å². The normalized spacial score (nSPS) is 11.0. The monoisotopic (exact) mass is 468 g/mol. The van der Waals surface area contributed by atoms with Crippen LogP contribution < -0.4 is 14.4 Å². The summed E-state index contributed by atoms with van der Waals surface area (Å²) < 4.78 is 12.6. The minimum atomic E-state index is -0.158. The van der Waals surface area contributed by atoms with Gasteiger partial charge in [-0.15, -0.1) is 0 Å². The van der Waals surface area contributed by atoms with Crippen LogP contribution in [0.2, 0.25) is 0 Å². The van der Waals surface area contributed by atoms with Crippen LogP contribution in [-0.2, 0) is 11.3 Å². The van der Waals surface area contributed by atoms with E-state index in [2.05, 4.69) is 6.07 Å². The smallest absolute Gasteiger partial charge is 0.267 e. The fraction of sp³-hybridized carbons (Fsp3) is 0.143. The van der Waals surface area contributed by atoms with E-state index in [1.807, 2.05) is 91.9 Å². The molecule has 6 heteroatoms. The predicted octanol–water partition coefficient (Wildman–Crippen LogP) is 6.46. The molecule has 0 radical (unpaired) electrons. The van der Waals surface area contributed by atoms with E-state index in [9.17, 15) is 4.79 Å². The van der Waals surface area contributed by atoms with Crippen LogP contribution in [0.15, 0.2) is 91.0 Å². The molecule has 0 aliphatic carbocycles. The number of thiazole rings is 1. The number of benzene rings is 4. The second-order valence-electron chi connectivity index (χ2n) is 7.80. The van der Waals surface area contributed by atoms with Gasteiger partial charge in [0.2, 0.25) is 0 Å². The summed E-state index contributed by atoms with van der Waals surface area (Å²) in [5.41, 5.74) is 1.79. The summed E-state index contributed by atoms with van der Waals surface area (Å²) >= 11 is 1.47. The van der Waals surface area contributed by atoms with Gasteiger partial charge in [-0.05, 0) is 47.5 Å². The second-order valence-corrected chi connectivity index (χ2v) is 8.80. The fourth-order valence-electron chi connectivity index (χ4n) is 3.81. The molecule has 1 amide bonds. The van der Waals surface area contributed by atoms with Gasteiger partial charge in [-0.1, -0.05) is 78.1 Å². The molecular weight excluding hydrogens is 444 g/mol. The van der Waals surface area contributed by atoms with E-state index in [-0.39, 0.29) is 12.5 Å². The number of para-hydroxylation sites is 1. The number of hydrogen-bond donors (Lipinski definition) is 0. The van der Waals surface area contributed by atoms with E-state index < -0.39 is 0 Å². The molecule has 1 heterocycles. The van der Waals surface area contributed by atoms with Crippen LogP contribution in [0.25, 0.3) is 21.0 Å². The number of hydrogen-bond acceptors (Lipinski definition) is 5. The van der Waals surface area contributed by atoms with Crippen LogP contribution >= 0.6 is 11.3 Å². The van der Waals surface area contributed by atoms with Crippen molar-refractivity contribution in [3.8, 4) is 11.5 Å². The number of rotatable bonds is 8. The molecule has 34 heavy (non-hydrogen) atoms. The van der Waals surface area contributed by atoms with Gasteiger partial charge < -0.3 is 9.47 Å². The van der Waals surface area contributed by atoms with Crippen molar-refractivity contribution in [3.63, 3.8) is 0 Å². The lowest BCUT2D eigenvalue weighted by Gasteiger charge is -2.20. The van der Waals surface area contributed by atoms with Crippen molar-refractivity contribution in [2.45, 2.75) is 13.5 Å². The SMILES string of the molecule is CCOc1cccc2sc(N(Cc3ccccc3)C(=O)COc3ccc4ccccc4c3)nc12. The first-order valence-electron chi connectivity index (χ1n) is 11.2. The van der Waals surface area contributed by atoms with E-state index >= 15 is 0 Å². The molecule has 0 unspecified atom stereocenters. The number of carbonyl (C=O) groups is 1. The van der Waals surface area contributed by atoms with Gasteiger partial charge >= 0.3 is 0 Å². The standard InChI is InChI=1S/C28H24N2O3S/c1-2-32-24-13-8-14-25-27(24)29-28(34-25)30(18-20-9-4-3-5-10-20)26(31)19-33-23-16-15-21-11-6-7-12-22(21)17-23/h3-17H,2,18-19H2,1H3. The van der Waals surface area contributed by atoms with Crippen LogP contribution in [-0.4, -0.2) is 24.1 Å². The van der Waals surface area contributed by atoms with Gasteiger partial charge in [0.1, 0.15) is 17.0 Å². The maximum absolute atomic E-state index is 13.4. The molecule has 0 N–H and O–H groups in total. The predicted molar refractivity (Wildman–Crippen MR) is 138 cm³/mol. The maximum atomic E-state index is 13.4. The van der Waals surface area contributed by atoms with E-state index in [0.29, 0.717) is 24.0 Å². The molecule has 0 atom stereocenters. The number of aromatic nitrogens is 1. The van der Waals surface area contributed by atoms with Crippen LogP contribution in [0.3, 0.4) is 0 Å². The number of fused-ring (bicyclic) bond motifs is 2. The zero-order valence-corrected chi connectivity index (χ0v) is 19.6. The molecule has 1 aromatic heterocycles. The molecule has 0 bridgehead atoms. The average Bonchev–Trinajstić information content (AvgIpc) is 3.31. The lowest BCUT2D eigenvalue weighted by molar-refractivity contribution is -0.120. The molecule has 0 aliphatic heterocycles. The fourth-order valence-corrected chi connectivity index (χ4v) is 4.81. The van der Waals surface area contributed by atoms with Gasteiger partial charge in [0.25, 0.3) is 5.91 Å². The number of amides is 1. The van der Waals surface area contributed by atoms with E-state index in [0.717, 1.165) is 32.3 Å². The van der Waals surface area contributed by atoms with Crippen molar-refractivity contribution in [2.75, 3.05) is 18.1 Å². The molecule has 0 fully saturated rings. The number of anilines is 1. The third-order valence-electron chi connectivity index (χ3n) is 5.47. The van der Waals surface area contributed by atoms with Crippen LogP contribution in [0.5, 0.6) is 11.5 Å². The van der Waals surface area contributed by atoms with Crippen molar-refractivity contribution in [1.29, 1.82) is 0 Å². The average molecular weight is 469 g/mol. The van der Waals surface area contributed by atoms with E-state index in [1.165, 1.54) is 11.3 Å². The Morgan fingerprint density at radius 1 is 0.882 bits per heavy atom. The van der Waals surface area contributed by atoms with Gasteiger partial charge in [0.05, 0.1) is 17.9 Å². The van der Waals surface area contributed by atoms with E-state index in [4.69, 9.17) is 14.5 Å². The largest absolute Gasteiger partial charge is 0.492 e. The van der Waals surface area contributed by atoms with Crippen molar-refractivity contribution in [2.24, 2.45) is 0 Å². The Labute approximate surface area is 202 Å². The highest BCUT2D eigenvalue weighted by Gasteiger charge is 2.22. The summed E-state index contributed by atoms with van der Waals surface area (Å²) in [5, 5.41) is 2.83. The Bertz CT molecular complexity index is 1430. The Morgan fingerprint density at radius 3 is 2.50 bits per heavy atom. The molecule has 4 aromatic carbocycles. The molecule has 0 saturated heterocycles. The topological polar surface area (TPSA) is 51.7 Å². The van der Waals surface area contributed by atoms with Crippen LogP contribution in [0.1, 0.15) is 12.5 Å². The van der Waals surface area contributed by atoms with Crippen molar-refractivity contribution < 1.29 is 14.3 Å². The Balaban J connectivity index is 1.42. The zero-order valence-electron chi connectivity index (χ0n) is 18.8. The Morgan fingerprint density at radius 2 is 1.68 bits per heavy atom. The summed E-state index contributed by atoms with van der Waals surface area (Å²) in [6.45, 7) is 2.82. The highest BCUT2D eigenvalue weighted by atomic mass is 32.1. The van der Waals surface area contributed by atoms with Crippen LogP contribution in [0, 0.1) is 0 Å². The molecule has 5 aromatic rings. The number of ether oxygens (including phenoxy) is 2. The van der Waals surface area contributed by atoms with E-state index in [1.54, 1.807) is 4.90 Å². The number of carbonyl (C=O) groups excluding carboxylic acids is 1. The molecule has 170 valence electrons. The van der Waals surface area contributed by atoms with Gasteiger partial charge in [-0.3, -0.25) is 9.69 Å². The highest BCUT2D eigenvalue weighted by Crippen LogP contribution is 2.35. The third kappa shape index (κ3) is 4.72. The molecule has 5 rings (SSSR count). The molecule has 0 aliphatic rings. The quantitative estimate of drug-likeness (QED) is 0.262. The lowest BCUT2D eigenvalue weighted by Crippen LogP contribution is -2.34. The van der Waals surface area contributed by atoms with Crippen molar-refractivity contribution in [1.82, 2.24) is 4.98 Å². The molecular formula is C28H24N2O3S. The number of nitrogens with zero attached hydrogens (tertiary/aromatic N) is 2.